The maximum absolute atomic E-state index is 10.7. The molecule has 22 heavy (non-hydrogen) atoms. The van der Waals surface area contributed by atoms with Gasteiger partial charge in [0, 0.05) is 18.0 Å². The molecule has 0 saturated carbocycles. The van der Waals surface area contributed by atoms with Gasteiger partial charge in [0.15, 0.2) is 11.5 Å². The van der Waals surface area contributed by atoms with Gasteiger partial charge < -0.3 is 20.3 Å². The molecule has 0 spiro atoms. The van der Waals surface area contributed by atoms with Gasteiger partial charge in [-0.05, 0) is 36.8 Å². The summed E-state index contributed by atoms with van der Waals surface area (Å²) in [7, 11) is 1.60. The highest BCUT2D eigenvalue weighted by Crippen LogP contribution is 2.37. The Kier molecular flexibility index (Phi) is 6.39. The van der Waals surface area contributed by atoms with Crippen LogP contribution in [-0.4, -0.2) is 35.8 Å². The first-order valence-corrected chi connectivity index (χ1v) is 8.66. The Balaban J connectivity index is 2.18. The lowest BCUT2D eigenvalue weighted by Gasteiger charge is -2.26. The van der Waals surface area contributed by atoms with Crippen molar-refractivity contribution in [1.29, 1.82) is 0 Å². The smallest absolute Gasteiger partial charge is 0.303 e. The summed E-state index contributed by atoms with van der Waals surface area (Å²) in [6.07, 6.45) is 2.60. The molecule has 2 rings (SSSR count). The van der Waals surface area contributed by atoms with Gasteiger partial charge >= 0.3 is 5.97 Å². The highest BCUT2D eigenvalue weighted by Gasteiger charge is 2.22. The summed E-state index contributed by atoms with van der Waals surface area (Å²) >= 11 is 1.94. The summed E-state index contributed by atoms with van der Waals surface area (Å²) in [5.41, 5.74) is 6.99. The van der Waals surface area contributed by atoms with Gasteiger partial charge in [-0.2, -0.15) is 11.8 Å². The number of ether oxygens (including phenoxy) is 2. The highest BCUT2D eigenvalue weighted by atomic mass is 32.2. The quantitative estimate of drug-likeness (QED) is 0.802. The van der Waals surface area contributed by atoms with Crippen molar-refractivity contribution in [2.75, 3.05) is 18.6 Å². The van der Waals surface area contributed by atoms with Gasteiger partial charge in [-0.25, -0.2) is 0 Å². The van der Waals surface area contributed by atoms with Crippen LogP contribution in [0.3, 0.4) is 0 Å². The van der Waals surface area contributed by atoms with Crippen LogP contribution in [0.5, 0.6) is 11.5 Å². The van der Waals surface area contributed by atoms with Crippen molar-refractivity contribution in [2.24, 2.45) is 5.73 Å². The van der Waals surface area contributed by atoms with Crippen molar-refractivity contribution in [3.8, 4) is 11.5 Å². The van der Waals surface area contributed by atoms with Gasteiger partial charge in [0.05, 0.1) is 7.11 Å². The Morgan fingerprint density at radius 3 is 2.82 bits per heavy atom. The number of hydrogen-bond donors (Lipinski definition) is 2. The summed E-state index contributed by atoms with van der Waals surface area (Å²) < 4.78 is 11.6. The Morgan fingerprint density at radius 2 is 2.18 bits per heavy atom. The Bertz CT molecular complexity index is 503. The van der Waals surface area contributed by atoms with E-state index < -0.39 is 5.97 Å². The summed E-state index contributed by atoms with van der Waals surface area (Å²) in [5.74, 6) is 2.67. The Morgan fingerprint density at radius 1 is 1.45 bits per heavy atom. The first-order valence-electron chi connectivity index (χ1n) is 7.50. The first kappa shape index (κ1) is 17.0. The van der Waals surface area contributed by atoms with Crippen molar-refractivity contribution in [3.05, 3.63) is 23.8 Å². The fourth-order valence-electron chi connectivity index (χ4n) is 2.51. The molecule has 1 heterocycles. The minimum absolute atomic E-state index is 0.0396. The van der Waals surface area contributed by atoms with Gasteiger partial charge in [-0.15, -0.1) is 0 Å². The van der Waals surface area contributed by atoms with Crippen molar-refractivity contribution >= 4 is 17.7 Å². The maximum Gasteiger partial charge on any atom is 0.303 e. The SMILES string of the molecule is COc1cccc(C(N)CCC(=O)O)c1OC1CCSCC1. The number of benzene rings is 1. The number of para-hydroxylation sites is 1. The summed E-state index contributed by atoms with van der Waals surface area (Å²) in [5, 5.41) is 8.83. The van der Waals surface area contributed by atoms with Gasteiger partial charge in [0.2, 0.25) is 0 Å². The number of carboxylic acid groups (broad SMARTS) is 1. The van der Waals surface area contributed by atoms with E-state index in [9.17, 15) is 4.79 Å². The van der Waals surface area contributed by atoms with E-state index in [1.807, 2.05) is 30.0 Å². The van der Waals surface area contributed by atoms with Crippen molar-refractivity contribution in [2.45, 2.75) is 37.8 Å². The van der Waals surface area contributed by atoms with Crippen LogP contribution < -0.4 is 15.2 Å². The summed E-state index contributed by atoms with van der Waals surface area (Å²) in [6, 6.07) is 5.22. The molecule has 0 bridgehead atoms. The monoisotopic (exact) mass is 325 g/mol. The largest absolute Gasteiger partial charge is 0.493 e. The molecule has 0 aliphatic carbocycles. The molecule has 0 radical (unpaired) electrons. The van der Waals surface area contributed by atoms with E-state index in [1.54, 1.807) is 7.11 Å². The minimum Gasteiger partial charge on any atom is -0.493 e. The van der Waals surface area contributed by atoms with Crippen LogP contribution >= 0.6 is 11.8 Å². The number of carboxylic acids is 1. The average Bonchev–Trinajstić information content (AvgIpc) is 2.53. The highest BCUT2D eigenvalue weighted by molar-refractivity contribution is 7.99. The number of rotatable bonds is 7. The molecule has 1 aliphatic rings. The van der Waals surface area contributed by atoms with Crippen LogP contribution in [-0.2, 0) is 4.79 Å². The van der Waals surface area contributed by atoms with Crippen molar-refractivity contribution < 1.29 is 19.4 Å². The number of nitrogens with two attached hydrogens (primary N) is 1. The lowest BCUT2D eigenvalue weighted by atomic mass is 10.0. The van der Waals surface area contributed by atoms with E-state index in [4.69, 9.17) is 20.3 Å². The molecule has 3 N–H and O–H groups in total. The van der Waals surface area contributed by atoms with Crippen LogP contribution in [0.4, 0.5) is 0 Å². The maximum atomic E-state index is 10.7. The van der Waals surface area contributed by atoms with Crippen molar-refractivity contribution in [3.63, 3.8) is 0 Å². The molecule has 1 saturated heterocycles. The lowest BCUT2D eigenvalue weighted by Crippen LogP contribution is -2.24. The number of hydrogen-bond acceptors (Lipinski definition) is 5. The topological polar surface area (TPSA) is 81.8 Å². The molecule has 122 valence electrons. The molecular formula is C16H23NO4S. The Hall–Kier alpha value is -1.40. The molecule has 1 aromatic rings. The van der Waals surface area contributed by atoms with E-state index in [-0.39, 0.29) is 18.6 Å². The Labute approximate surface area is 135 Å². The van der Waals surface area contributed by atoms with Crippen LogP contribution in [0, 0.1) is 0 Å². The zero-order valence-electron chi connectivity index (χ0n) is 12.8. The zero-order valence-corrected chi connectivity index (χ0v) is 13.6. The van der Waals surface area contributed by atoms with E-state index in [0.29, 0.717) is 17.9 Å². The fraction of sp³-hybridized carbons (Fsp3) is 0.562. The molecule has 0 aromatic heterocycles. The van der Waals surface area contributed by atoms with Gasteiger partial charge in [0.25, 0.3) is 0 Å². The van der Waals surface area contributed by atoms with E-state index >= 15 is 0 Å². The van der Waals surface area contributed by atoms with Gasteiger partial charge in [-0.3, -0.25) is 4.79 Å². The summed E-state index contributed by atoms with van der Waals surface area (Å²) in [4.78, 5) is 10.7. The molecule has 1 fully saturated rings. The average molecular weight is 325 g/mol. The van der Waals surface area contributed by atoms with Crippen LogP contribution in [0.25, 0.3) is 0 Å². The molecular weight excluding hydrogens is 302 g/mol. The lowest BCUT2D eigenvalue weighted by molar-refractivity contribution is -0.137. The second-order valence-electron chi connectivity index (χ2n) is 5.35. The van der Waals surface area contributed by atoms with E-state index in [0.717, 1.165) is 29.9 Å². The number of carbonyl (C=O) groups is 1. The third kappa shape index (κ3) is 4.55. The standard InChI is InChI=1S/C16H23NO4S/c1-20-14-4-2-3-12(13(17)5-6-15(18)19)16(14)21-11-7-9-22-10-8-11/h2-4,11,13H,5-10,17H2,1H3,(H,18,19). The normalized spacial score (nSPS) is 17.0. The fourth-order valence-corrected chi connectivity index (χ4v) is 3.57. The third-order valence-corrected chi connectivity index (χ3v) is 4.80. The predicted molar refractivity (Wildman–Crippen MR) is 87.8 cm³/mol. The molecule has 1 unspecified atom stereocenters. The second kappa shape index (κ2) is 8.29. The number of thioether (sulfide) groups is 1. The molecule has 0 amide bonds. The summed E-state index contributed by atoms with van der Waals surface area (Å²) in [6.45, 7) is 0. The van der Waals surface area contributed by atoms with E-state index in [2.05, 4.69) is 0 Å². The van der Waals surface area contributed by atoms with E-state index in [1.165, 1.54) is 0 Å². The molecule has 6 heteroatoms. The van der Waals surface area contributed by atoms with Gasteiger partial charge in [0.1, 0.15) is 6.10 Å². The third-order valence-electron chi connectivity index (χ3n) is 3.75. The second-order valence-corrected chi connectivity index (χ2v) is 6.57. The zero-order chi connectivity index (χ0) is 15.9. The van der Waals surface area contributed by atoms with Crippen LogP contribution in [0.2, 0.25) is 0 Å². The van der Waals surface area contributed by atoms with Crippen LogP contribution in [0.15, 0.2) is 18.2 Å². The van der Waals surface area contributed by atoms with Crippen LogP contribution in [0.1, 0.15) is 37.3 Å². The molecule has 1 aromatic carbocycles. The predicted octanol–water partition coefficient (Wildman–Crippen LogP) is 2.83. The number of aliphatic carboxylic acids is 1. The van der Waals surface area contributed by atoms with Gasteiger partial charge in [-0.1, -0.05) is 12.1 Å². The minimum atomic E-state index is -0.842. The molecule has 5 nitrogen and oxygen atoms in total. The molecule has 1 atom stereocenters. The number of methoxy groups -OCH3 is 1. The molecule has 1 aliphatic heterocycles. The first-order chi connectivity index (χ1) is 10.6. The van der Waals surface area contributed by atoms with Crippen molar-refractivity contribution in [1.82, 2.24) is 0 Å².